The highest BCUT2D eigenvalue weighted by molar-refractivity contribution is 6.08. The number of alkyl halides is 2. The first-order chi connectivity index (χ1) is 15.0. The van der Waals surface area contributed by atoms with Gasteiger partial charge in [0.2, 0.25) is 0 Å². The molecule has 0 fully saturated rings. The largest absolute Gasteiger partial charge is 0.383 e. The summed E-state index contributed by atoms with van der Waals surface area (Å²) in [6.07, 6.45) is -2.78. The summed E-state index contributed by atoms with van der Waals surface area (Å²) in [6, 6.07) is 4.30. The zero-order chi connectivity index (χ0) is 23.7. The Labute approximate surface area is 182 Å². The number of nitrogens with zero attached hydrogens (tertiary/aromatic N) is 3. The lowest BCUT2D eigenvalue weighted by Gasteiger charge is -2.26. The third-order valence-corrected chi connectivity index (χ3v) is 4.78. The molecule has 2 aromatic heterocycles. The standard InChI is InChI=1S/C21H26F2N6O3/c1-10(2)8-28(15-17(24)29(9-11(3)4)21(32)27-19(15)30)20(31)12-5-6-13-14(7-12)26-18(25-13)16(22)23/h5-7,10-11,16H,8-9,24H2,1-4H3,(H,25,26)(H,27,30,32). The highest BCUT2D eigenvalue weighted by Crippen LogP contribution is 2.24. The van der Waals surface area contributed by atoms with Gasteiger partial charge in [-0.05, 0) is 30.0 Å². The van der Waals surface area contributed by atoms with Crippen molar-refractivity contribution in [1.29, 1.82) is 0 Å². The number of carbonyl (C=O) groups excluding carboxylic acids is 1. The molecule has 4 N–H and O–H groups in total. The van der Waals surface area contributed by atoms with E-state index in [-0.39, 0.29) is 53.0 Å². The van der Waals surface area contributed by atoms with E-state index in [4.69, 9.17) is 5.73 Å². The molecule has 0 spiro atoms. The van der Waals surface area contributed by atoms with Gasteiger partial charge in [-0.25, -0.2) is 18.6 Å². The van der Waals surface area contributed by atoms with Crippen molar-refractivity contribution in [3.05, 3.63) is 50.4 Å². The fourth-order valence-electron chi connectivity index (χ4n) is 3.45. The van der Waals surface area contributed by atoms with E-state index in [2.05, 4.69) is 15.0 Å². The first kappa shape index (κ1) is 23.2. The maximum absolute atomic E-state index is 13.4. The van der Waals surface area contributed by atoms with Crippen LogP contribution in [0, 0.1) is 11.8 Å². The summed E-state index contributed by atoms with van der Waals surface area (Å²) in [7, 11) is 0. The Morgan fingerprint density at radius 3 is 2.44 bits per heavy atom. The van der Waals surface area contributed by atoms with Crippen LogP contribution < -0.4 is 21.9 Å². The van der Waals surface area contributed by atoms with Gasteiger partial charge in [-0.2, -0.15) is 0 Å². The number of amides is 1. The maximum Gasteiger partial charge on any atom is 0.330 e. The molecule has 0 aliphatic rings. The van der Waals surface area contributed by atoms with E-state index in [9.17, 15) is 23.2 Å². The summed E-state index contributed by atoms with van der Waals surface area (Å²) in [6.45, 7) is 7.91. The first-order valence-corrected chi connectivity index (χ1v) is 10.2. The van der Waals surface area contributed by atoms with Crippen LogP contribution in [0.2, 0.25) is 0 Å². The lowest BCUT2D eigenvalue weighted by Crippen LogP contribution is -2.43. The maximum atomic E-state index is 13.4. The number of anilines is 2. The van der Waals surface area contributed by atoms with Crippen LogP contribution in [0.15, 0.2) is 27.8 Å². The summed E-state index contributed by atoms with van der Waals surface area (Å²) >= 11 is 0. The molecule has 0 bridgehead atoms. The lowest BCUT2D eigenvalue weighted by atomic mass is 10.1. The topological polar surface area (TPSA) is 130 Å². The Bertz CT molecular complexity index is 1260. The number of H-pyrrole nitrogens is 2. The van der Waals surface area contributed by atoms with E-state index in [1.165, 1.54) is 27.7 Å². The van der Waals surface area contributed by atoms with E-state index in [0.29, 0.717) is 0 Å². The average Bonchev–Trinajstić information content (AvgIpc) is 3.13. The van der Waals surface area contributed by atoms with Crippen LogP contribution in [0.1, 0.15) is 50.3 Å². The molecular formula is C21H26F2N6O3. The zero-order valence-electron chi connectivity index (χ0n) is 18.3. The fraction of sp³-hybridized carbons (Fsp3) is 0.429. The quantitative estimate of drug-likeness (QED) is 0.512. The molecule has 11 heteroatoms. The Morgan fingerprint density at radius 2 is 1.84 bits per heavy atom. The van der Waals surface area contributed by atoms with Crippen LogP contribution in [0.25, 0.3) is 11.0 Å². The van der Waals surface area contributed by atoms with Crippen molar-refractivity contribution < 1.29 is 13.6 Å². The number of nitrogen functional groups attached to an aromatic ring is 1. The molecule has 3 rings (SSSR count). The fourth-order valence-corrected chi connectivity index (χ4v) is 3.45. The van der Waals surface area contributed by atoms with Gasteiger partial charge in [-0.1, -0.05) is 27.7 Å². The van der Waals surface area contributed by atoms with Crippen molar-refractivity contribution in [2.75, 3.05) is 17.2 Å². The number of aromatic nitrogens is 4. The Morgan fingerprint density at radius 1 is 1.16 bits per heavy atom. The number of halogens is 2. The molecule has 2 heterocycles. The van der Waals surface area contributed by atoms with Crippen LogP contribution in [0.5, 0.6) is 0 Å². The minimum absolute atomic E-state index is 0.0375. The van der Waals surface area contributed by atoms with Crippen molar-refractivity contribution in [3.8, 4) is 0 Å². The van der Waals surface area contributed by atoms with Crippen LogP contribution in [-0.4, -0.2) is 32.0 Å². The molecule has 172 valence electrons. The van der Waals surface area contributed by atoms with E-state index in [0.717, 1.165) is 0 Å². The second-order valence-corrected chi connectivity index (χ2v) is 8.46. The number of hydrogen-bond acceptors (Lipinski definition) is 5. The molecule has 1 aromatic carbocycles. The molecule has 0 unspecified atom stereocenters. The van der Waals surface area contributed by atoms with E-state index < -0.39 is 29.4 Å². The van der Waals surface area contributed by atoms with Crippen molar-refractivity contribution >= 4 is 28.4 Å². The molecule has 1 amide bonds. The molecule has 32 heavy (non-hydrogen) atoms. The molecule has 0 aliphatic heterocycles. The third kappa shape index (κ3) is 4.56. The van der Waals surface area contributed by atoms with Crippen molar-refractivity contribution in [3.63, 3.8) is 0 Å². The number of fused-ring (bicyclic) bond motifs is 1. The molecular weight excluding hydrogens is 422 g/mol. The van der Waals surface area contributed by atoms with Gasteiger partial charge >= 0.3 is 5.69 Å². The molecule has 9 nitrogen and oxygen atoms in total. The predicted molar refractivity (Wildman–Crippen MR) is 118 cm³/mol. The number of benzene rings is 1. The number of carbonyl (C=O) groups is 1. The van der Waals surface area contributed by atoms with Gasteiger partial charge in [0.05, 0.1) is 11.0 Å². The highest BCUT2D eigenvalue weighted by Gasteiger charge is 2.26. The second-order valence-electron chi connectivity index (χ2n) is 8.46. The van der Waals surface area contributed by atoms with Gasteiger partial charge in [0.1, 0.15) is 5.82 Å². The Hall–Kier alpha value is -3.50. The van der Waals surface area contributed by atoms with Gasteiger partial charge in [-0.3, -0.25) is 19.1 Å². The van der Waals surface area contributed by atoms with Crippen molar-refractivity contribution in [2.24, 2.45) is 11.8 Å². The molecule has 0 saturated carbocycles. The van der Waals surface area contributed by atoms with E-state index >= 15 is 0 Å². The monoisotopic (exact) mass is 448 g/mol. The summed E-state index contributed by atoms with van der Waals surface area (Å²) in [5.74, 6) is -1.13. The minimum Gasteiger partial charge on any atom is -0.383 e. The summed E-state index contributed by atoms with van der Waals surface area (Å²) in [5.41, 5.74) is 5.36. The van der Waals surface area contributed by atoms with Crippen LogP contribution >= 0.6 is 0 Å². The number of nitrogens with one attached hydrogen (secondary N) is 2. The van der Waals surface area contributed by atoms with Crippen LogP contribution in [-0.2, 0) is 6.54 Å². The lowest BCUT2D eigenvalue weighted by molar-refractivity contribution is 0.0983. The SMILES string of the molecule is CC(C)CN(C(=O)c1ccc2nc(C(F)F)[nH]c2c1)c1c(N)n(CC(C)C)c(=O)[nH]c1=O. The van der Waals surface area contributed by atoms with Gasteiger partial charge < -0.3 is 15.6 Å². The molecule has 0 atom stereocenters. The zero-order valence-corrected chi connectivity index (χ0v) is 18.3. The third-order valence-electron chi connectivity index (χ3n) is 4.78. The van der Waals surface area contributed by atoms with Gasteiger partial charge in [0, 0.05) is 18.7 Å². The summed E-state index contributed by atoms with van der Waals surface area (Å²) < 4.78 is 27.1. The van der Waals surface area contributed by atoms with Crippen molar-refractivity contribution in [1.82, 2.24) is 19.5 Å². The summed E-state index contributed by atoms with van der Waals surface area (Å²) in [5, 5.41) is 0. The number of hydrogen-bond donors (Lipinski definition) is 3. The van der Waals surface area contributed by atoms with Gasteiger partial charge in [0.25, 0.3) is 17.9 Å². The van der Waals surface area contributed by atoms with Crippen LogP contribution in [0.3, 0.4) is 0 Å². The van der Waals surface area contributed by atoms with Crippen molar-refractivity contribution in [2.45, 2.75) is 40.7 Å². The second kappa shape index (κ2) is 8.93. The molecule has 0 saturated heterocycles. The number of aromatic amines is 2. The molecule has 0 aliphatic carbocycles. The molecule has 0 radical (unpaired) electrons. The van der Waals surface area contributed by atoms with Gasteiger partial charge in [-0.15, -0.1) is 0 Å². The minimum atomic E-state index is -2.78. The van der Waals surface area contributed by atoms with Gasteiger partial charge in [0.15, 0.2) is 11.5 Å². The first-order valence-electron chi connectivity index (χ1n) is 10.2. The van der Waals surface area contributed by atoms with E-state index in [1.807, 2.05) is 27.7 Å². The smallest absolute Gasteiger partial charge is 0.330 e. The van der Waals surface area contributed by atoms with Crippen LogP contribution in [0.4, 0.5) is 20.3 Å². The normalized spacial score (nSPS) is 11.8. The Kier molecular flexibility index (Phi) is 6.47. The number of nitrogens with two attached hydrogens (primary N) is 1. The number of rotatable bonds is 7. The number of imidazole rings is 1. The summed E-state index contributed by atoms with van der Waals surface area (Å²) in [4.78, 5) is 48.2. The van der Waals surface area contributed by atoms with E-state index in [1.54, 1.807) is 0 Å². The molecule has 3 aromatic rings. The predicted octanol–water partition coefficient (Wildman–Crippen LogP) is 2.89. The highest BCUT2D eigenvalue weighted by atomic mass is 19.3. The average molecular weight is 448 g/mol. The Balaban J connectivity index is 2.13.